The molecule has 0 aromatic heterocycles. The fourth-order valence-corrected chi connectivity index (χ4v) is 4.66. The Labute approximate surface area is 113 Å². The van der Waals surface area contributed by atoms with E-state index in [4.69, 9.17) is 0 Å². The second kappa shape index (κ2) is 9.39. The summed E-state index contributed by atoms with van der Waals surface area (Å²) < 4.78 is 0. The highest BCUT2D eigenvalue weighted by Gasteiger charge is 2.10. The Balaban J connectivity index is 2.54. The second-order valence-electron chi connectivity index (χ2n) is 4.92. The zero-order chi connectivity index (χ0) is 13.2. The van der Waals surface area contributed by atoms with Gasteiger partial charge in [-0.1, -0.05) is 59.6 Å². The van der Waals surface area contributed by atoms with Crippen molar-refractivity contribution in [2.24, 2.45) is 0 Å². The molecular formula is C16H27OP. The van der Waals surface area contributed by atoms with Gasteiger partial charge in [-0.15, -0.1) is 0 Å². The SMILES string of the molecule is CCCCCP(CCCCC)c1ccc(O)cc1. The van der Waals surface area contributed by atoms with Crippen LogP contribution >= 0.6 is 7.92 Å². The van der Waals surface area contributed by atoms with Gasteiger partial charge in [-0.25, -0.2) is 0 Å². The van der Waals surface area contributed by atoms with Gasteiger partial charge >= 0.3 is 0 Å². The molecule has 2 heteroatoms. The molecule has 1 nitrogen and oxygen atoms in total. The van der Waals surface area contributed by atoms with Crippen molar-refractivity contribution in [3.05, 3.63) is 24.3 Å². The molecule has 1 aromatic carbocycles. The third kappa shape index (κ3) is 5.87. The molecule has 0 saturated carbocycles. The number of hydrogen-bond donors (Lipinski definition) is 1. The van der Waals surface area contributed by atoms with Crippen LogP contribution in [0.25, 0.3) is 0 Å². The highest BCUT2D eigenvalue weighted by atomic mass is 31.1. The van der Waals surface area contributed by atoms with Crippen molar-refractivity contribution in [3.8, 4) is 5.75 Å². The average Bonchev–Trinajstić information content (AvgIpc) is 2.38. The molecule has 102 valence electrons. The van der Waals surface area contributed by atoms with Crippen LogP contribution in [-0.2, 0) is 0 Å². The van der Waals surface area contributed by atoms with Crippen LogP contribution in [0, 0.1) is 0 Å². The second-order valence-corrected chi connectivity index (χ2v) is 7.41. The molecular weight excluding hydrogens is 239 g/mol. The lowest BCUT2D eigenvalue weighted by Gasteiger charge is -2.18. The van der Waals surface area contributed by atoms with E-state index in [1.165, 1.54) is 56.2 Å². The molecule has 0 aliphatic rings. The van der Waals surface area contributed by atoms with Gasteiger partial charge in [0.05, 0.1) is 0 Å². The fraction of sp³-hybridized carbons (Fsp3) is 0.625. The van der Waals surface area contributed by atoms with E-state index >= 15 is 0 Å². The Morgan fingerprint density at radius 3 is 1.78 bits per heavy atom. The molecule has 0 fully saturated rings. The predicted octanol–water partition coefficient (Wildman–Crippen LogP) is 4.88. The number of benzene rings is 1. The van der Waals surface area contributed by atoms with Crippen LogP contribution in [0.5, 0.6) is 5.75 Å². The summed E-state index contributed by atoms with van der Waals surface area (Å²) in [5.41, 5.74) is 0. The van der Waals surface area contributed by atoms with Gasteiger partial charge in [-0.2, -0.15) is 0 Å². The third-order valence-electron chi connectivity index (χ3n) is 3.28. The first-order valence-corrected chi connectivity index (χ1v) is 9.03. The number of hydrogen-bond acceptors (Lipinski definition) is 1. The van der Waals surface area contributed by atoms with E-state index in [0.29, 0.717) is 5.75 Å². The first-order chi connectivity index (χ1) is 8.77. The maximum Gasteiger partial charge on any atom is 0.115 e. The van der Waals surface area contributed by atoms with Crippen LogP contribution in [-0.4, -0.2) is 17.4 Å². The number of unbranched alkanes of at least 4 members (excludes halogenated alkanes) is 4. The lowest BCUT2D eigenvalue weighted by Crippen LogP contribution is -2.06. The quantitative estimate of drug-likeness (QED) is 0.499. The van der Waals surface area contributed by atoms with Crippen molar-refractivity contribution >= 4 is 13.2 Å². The Hall–Kier alpha value is -0.550. The average molecular weight is 266 g/mol. The van der Waals surface area contributed by atoms with Gasteiger partial charge in [0, 0.05) is 0 Å². The number of aromatic hydroxyl groups is 1. The molecule has 0 heterocycles. The van der Waals surface area contributed by atoms with E-state index < -0.39 is 0 Å². The number of rotatable bonds is 9. The maximum atomic E-state index is 9.37. The van der Waals surface area contributed by atoms with Gasteiger partial charge in [0.2, 0.25) is 0 Å². The summed E-state index contributed by atoms with van der Waals surface area (Å²) >= 11 is 0. The first kappa shape index (κ1) is 15.5. The van der Waals surface area contributed by atoms with Crippen molar-refractivity contribution in [1.82, 2.24) is 0 Å². The van der Waals surface area contributed by atoms with E-state index in [2.05, 4.69) is 26.0 Å². The molecule has 0 saturated heterocycles. The molecule has 0 aliphatic carbocycles. The van der Waals surface area contributed by atoms with E-state index in [0.717, 1.165) is 0 Å². The first-order valence-electron chi connectivity index (χ1n) is 7.32. The Bertz CT molecular complexity index is 297. The summed E-state index contributed by atoms with van der Waals surface area (Å²) in [6.45, 7) is 4.53. The van der Waals surface area contributed by atoms with Crippen molar-refractivity contribution in [2.75, 3.05) is 12.3 Å². The molecule has 1 aromatic rings. The summed E-state index contributed by atoms with van der Waals surface area (Å²) in [5.74, 6) is 0.385. The minimum atomic E-state index is -0.00248. The van der Waals surface area contributed by atoms with Crippen LogP contribution in [0.4, 0.5) is 0 Å². The van der Waals surface area contributed by atoms with Gasteiger partial charge in [0.1, 0.15) is 5.75 Å². The van der Waals surface area contributed by atoms with Crippen LogP contribution in [0.2, 0.25) is 0 Å². The minimum Gasteiger partial charge on any atom is -0.508 e. The summed E-state index contributed by atoms with van der Waals surface area (Å²) in [4.78, 5) is 0. The monoisotopic (exact) mass is 266 g/mol. The van der Waals surface area contributed by atoms with E-state index in [1.54, 1.807) is 0 Å². The Kier molecular flexibility index (Phi) is 8.09. The summed E-state index contributed by atoms with van der Waals surface area (Å²) in [5, 5.41) is 10.8. The van der Waals surface area contributed by atoms with Gasteiger partial charge in [-0.05, 0) is 42.6 Å². The van der Waals surface area contributed by atoms with Crippen molar-refractivity contribution in [1.29, 1.82) is 0 Å². The summed E-state index contributed by atoms with van der Waals surface area (Å²) in [7, 11) is -0.00248. The van der Waals surface area contributed by atoms with Crippen LogP contribution in [0.3, 0.4) is 0 Å². The van der Waals surface area contributed by atoms with Gasteiger partial charge in [0.15, 0.2) is 0 Å². The third-order valence-corrected chi connectivity index (χ3v) is 6.02. The lowest BCUT2D eigenvalue weighted by atomic mass is 10.3. The van der Waals surface area contributed by atoms with Crippen LogP contribution in [0.1, 0.15) is 52.4 Å². The smallest absolute Gasteiger partial charge is 0.115 e. The minimum absolute atomic E-state index is 0.00248. The summed E-state index contributed by atoms with van der Waals surface area (Å²) in [6.07, 6.45) is 10.7. The van der Waals surface area contributed by atoms with Crippen molar-refractivity contribution in [2.45, 2.75) is 52.4 Å². The van der Waals surface area contributed by atoms with E-state index in [1.807, 2.05) is 12.1 Å². The van der Waals surface area contributed by atoms with Crippen molar-refractivity contribution in [3.63, 3.8) is 0 Å². The molecule has 0 bridgehead atoms. The molecule has 1 rings (SSSR count). The predicted molar refractivity (Wildman–Crippen MR) is 83.4 cm³/mol. The largest absolute Gasteiger partial charge is 0.508 e. The molecule has 0 spiro atoms. The molecule has 0 radical (unpaired) electrons. The number of phenolic OH excluding ortho intramolecular Hbond substituents is 1. The fourth-order valence-electron chi connectivity index (χ4n) is 2.14. The molecule has 0 atom stereocenters. The molecule has 0 aliphatic heterocycles. The highest BCUT2D eigenvalue weighted by molar-refractivity contribution is 7.65. The zero-order valence-corrected chi connectivity index (χ0v) is 12.8. The molecule has 18 heavy (non-hydrogen) atoms. The molecule has 0 unspecified atom stereocenters. The van der Waals surface area contributed by atoms with E-state index in [9.17, 15) is 5.11 Å². The standard InChI is InChI=1S/C16H27OP/c1-3-5-7-13-18(14-8-6-4-2)16-11-9-15(17)10-12-16/h9-12,17H,3-8,13-14H2,1-2H3. The molecule has 1 N–H and O–H groups in total. The van der Waals surface area contributed by atoms with E-state index in [-0.39, 0.29) is 7.92 Å². The Morgan fingerprint density at radius 1 is 0.833 bits per heavy atom. The van der Waals surface area contributed by atoms with Gasteiger partial charge in [-0.3, -0.25) is 0 Å². The number of phenols is 1. The van der Waals surface area contributed by atoms with Crippen LogP contribution in [0.15, 0.2) is 24.3 Å². The van der Waals surface area contributed by atoms with Crippen LogP contribution < -0.4 is 5.30 Å². The maximum absolute atomic E-state index is 9.37. The Morgan fingerprint density at radius 2 is 1.33 bits per heavy atom. The van der Waals surface area contributed by atoms with Gasteiger partial charge in [0.25, 0.3) is 0 Å². The van der Waals surface area contributed by atoms with Gasteiger partial charge < -0.3 is 5.11 Å². The zero-order valence-electron chi connectivity index (χ0n) is 11.9. The normalized spacial score (nSPS) is 11.1. The lowest BCUT2D eigenvalue weighted by molar-refractivity contribution is 0.475. The van der Waals surface area contributed by atoms with Crippen molar-refractivity contribution < 1.29 is 5.11 Å². The highest BCUT2D eigenvalue weighted by Crippen LogP contribution is 2.37. The molecule has 0 amide bonds. The topological polar surface area (TPSA) is 20.2 Å². The summed E-state index contributed by atoms with van der Waals surface area (Å²) in [6, 6.07) is 7.92.